The average Bonchev–Trinajstić information content (AvgIpc) is 1.87. The van der Waals surface area contributed by atoms with E-state index in [0.717, 1.165) is 13.0 Å². The third-order valence-electron chi connectivity index (χ3n) is 1.56. The van der Waals surface area contributed by atoms with Crippen LogP contribution in [0.3, 0.4) is 0 Å². The Morgan fingerprint density at radius 3 is 2.20 bits per heavy atom. The fraction of sp³-hybridized carbons (Fsp3) is 1.00. The molecule has 2 nitrogen and oxygen atoms in total. The zero-order valence-electron chi connectivity index (χ0n) is 7.06. The van der Waals surface area contributed by atoms with Gasteiger partial charge in [-0.2, -0.15) is 0 Å². The Kier molecular flexibility index (Phi) is 9.83. The minimum atomic E-state index is 0. The van der Waals surface area contributed by atoms with Crippen molar-refractivity contribution in [2.24, 2.45) is 5.73 Å². The fourth-order valence-electron chi connectivity index (χ4n) is 0.830. The van der Waals surface area contributed by atoms with E-state index in [1.54, 1.807) is 0 Å². The summed E-state index contributed by atoms with van der Waals surface area (Å²) < 4.78 is 0. The van der Waals surface area contributed by atoms with Gasteiger partial charge in [0.1, 0.15) is 0 Å². The summed E-state index contributed by atoms with van der Waals surface area (Å²) >= 11 is 0. The van der Waals surface area contributed by atoms with E-state index in [2.05, 4.69) is 25.8 Å². The quantitative estimate of drug-likeness (QED) is 0.669. The number of nitrogens with zero attached hydrogens (tertiary/aromatic N) is 1. The number of hydrogen-bond donors (Lipinski definition) is 1. The smallest absolute Gasteiger partial charge is 0.0566 e. The van der Waals surface area contributed by atoms with Gasteiger partial charge in [-0.25, -0.2) is 0 Å². The summed E-state index contributed by atoms with van der Waals surface area (Å²) in [7, 11) is 2.07. The molecule has 1 atom stereocenters. The third-order valence-corrected chi connectivity index (χ3v) is 1.56. The maximum atomic E-state index is 5.73. The first-order valence-corrected chi connectivity index (χ1v) is 3.68. The summed E-state index contributed by atoms with van der Waals surface area (Å²) in [6.07, 6.45) is 2.48. The first-order chi connectivity index (χ1) is 4.22. The van der Waals surface area contributed by atoms with E-state index >= 15 is 0 Å². The molecule has 10 heavy (non-hydrogen) atoms. The molecule has 0 rings (SSSR count). The van der Waals surface area contributed by atoms with Gasteiger partial charge in [0.05, 0.1) is 6.17 Å². The Labute approximate surface area is 74.3 Å². The van der Waals surface area contributed by atoms with Crippen molar-refractivity contribution in [3.05, 3.63) is 0 Å². The molecule has 0 aliphatic carbocycles. The SMILES string of the molecule is CCCN(C)C(N)CC.[Co]. The van der Waals surface area contributed by atoms with E-state index in [-0.39, 0.29) is 22.9 Å². The first kappa shape index (κ1) is 13.0. The Morgan fingerprint density at radius 1 is 1.40 bits per heavy atom. The minimum Gasteiger partial charge on any atom is -0.316 e. The average molecular weight is 189 g/mol. The van der Waals surface area contributed by atoms with E-state index in [1.165, 1.54) is 6.42 Å². The molecule has 0 spiro atoms. The van der Waals surface area contributed by atoms with Crippen LogP contribution in [-0.4, -0.2) is 24.7 Å². The van der Waals surface area contributed by atoms with Crippen molar-refractivity contribution >= 4 is 0 Å². The van der Waals surface area contributed by atoms with Gasteiger partial charge in [0.25, 0.3) is 0 Å². The maximum absolute atomic E-state index is 5.73. The summed E-state index contributed by atoms with van der Waals surface area (Å²) in [5.41, 5.74) is 5.73. The number of rotatable bonds is 4. The van der Waals surface area contributed by atoms with Gasteiger partial charge in [0.15, 0.2) is 0 Å². The van der Waals surface area contributed by atoms with Gasteiger partial charge in [-0.1, -0.05) is 13.8 Å². The van der Waals surface area contributed by atoms with Crippen LogP contribution in [0, 0.1) is 0 Å². The normalized spacial score (nSPS) is 12.9. The molecular formula is C7H18CoN2. The predicted octanol–water partition coefficient (Wildman–Crippen LogP) is 1.02. The Bertz CT molecular complexity index is 68.6. The molecule has 0 amide bonds. The molecular weight excluding hydrogens is 171 g/mol. The van der Waals surface area contributed by atoms with Crippen molar-refractivity contribution in [2.45, 2.75) is 32.9 Å². The van der Waals surface area contributed by atoms with Crippen LogP contribution in [0.5, 0.6) is 0 Å². The van der Waals surface area contributed by atoms with Crippen LogP contribution in [0.2, 0.25) is 0 Å². The Hall–Kier alpha value is 0.426. The van der Waals surface area contributed by atoms with Gasteiger partial charge < -0.3 is 5.73 Å². The summed E-state index contributed by atoms with van der Waals surface area (Å²) in [5, 5.41) is 0. The molecule has 0 aliphatic heterocycles. The minimum absolute atomic E-state index is 0. The van der Waals surface area contributed by atoms with Crippen LogP contribution in [0.15, 0.2) is 0 Å². The van der Waals surface area contributed by atoms with Crippen molar-refractivity contribution in [3.63, 3.8) is 0 Å². The maximum Gasteiger partial charge on any atom is 0.0566 e. The van der Waals surface area contributed by atoms with Crippen molar-refractivity contribution in [2.75, 3.05) is 13.6 Å². The second-order valence-electron chi connectivity index (χ2n) is 2.46. The largest absolute Gasteiger partial charge is 0.316 e. The van der Waals surface area contributed by atoms with Gasteiger partial charge >= 0.3 is 0 Å². The predicted molar refractivity (Wildman–Crippen MR) is 41.2 cm³/mol. The fourth-order valence-corrected chi connectivity index (χ4v) is 0.830. The number of nitrogens with two attached hydrogens (primary N) is 1. The second kappa shape index (κ2) is 7.53. The van der Waals surface area contributed by atoms with Gasteiger partial charge in [-0.3, -0.25) is 4.90 Å². The van der Waals surface area contributed by atoms with E-state index in [4.69, 9.17) is 5.73 Å². The van der Waals surface area contributed by atoms with Crippen molar-refractivity contribution in [1.29, 1.82) is 0 Å². The molecule has 0 fully saturated rings. The van der Waals surface area contributed by atoms with Crippen molar-refractivity contribution in [1.82, 2.24) is 4.90 Å². The molecule has 0 aromatic rings. The molecule has 65 valence electrons. The monoisotopic (exact) mass is 189 g/mol. The molecule has 0 heterocycles. The third kappa shape index (κ3) is 5.23. The van der Waals surface area contributed by atoms with Crippen molar-refractivity contribution in [3.8, 4) is 0 Å². The van der Waals surface area contributed by atoms with Crippen LogP contribution in [0.25, 0.3) is 0 Å². The van der Waals surface area contributed by atoms with Crippen LogP contribution in [-0.2, 0) is 16.8 Å². The van der Waals surface area contributed by atoms with Crippen LogP contribution >= 0.6 is 0 Å². The van der Waals surface area contributed by atoms with Crippen LogP contribution in [0.1, 0.15) is 26.7 Å². The van der Waals surface area contributed by atoms with Gasteiger partial charge in [0.2, 0.25) is 0 Å². The summed E-state index contributed by atoms with van der Waals surface area (Å²) in [6, 6.07) is 0. The Balaban J connectivity index is 0. The molecule has 0 aliphatic rings. The zero-order chi connectivity index (χ0) is 7.28. The summed E-state index contributed by atoms with van der Waals surface area (Å²) in [6.45, 7) is 5.38. The van der Waals surface area contributed by atoms with Crippen LogP contribution in [0.4, 0.5) is 0 Å². The Morgan fingerprint density at radius 2 is 1.90 bits per heavy atom. The van der Waals surface area contributed by atoms with E-state index < -0.39 is 0 Å². The molecule has 0 aromatic heterocycles. The second-order valence-corrected chi connectivity index (χ2v) is 2.46. The summed E-state index contributed by atoms with van der Waals surface area (Å²) in [5.74, 6) is 0. The molecule has 0 bridgehead atoms. The molecule has 3 heteroatoms. The van der Waals surface area contributed by atoms with Gasteiger partial charge in [0, 0.05) is 16.8 Å². The number of hydrogen-bond acceptors (Lipinski definition) is 2. The zero-order valence-corrected chi connectivity index (χ0v) is 8.10. The molecule has 0 saturated heterocycles. The van der Waals surface area contributed by atoms with E-state index in [9.17, 15) is 0 Å². The van der Waals surface area contributed by atoms with Crippen molar-refractivity contribution < 1.29 is 16.8 Å². The summed E-state index contributed by atoms with van der Waals surface area (Å²) in [4.78, 5) is 2.18. The standard InChI is InChI=1S/C7H18N2.Co/c1-4-6-9(3)7(8)5-2;/h7H,4-6,8H2,1-3H3;. The molecule has 2 N–H and O–H groups in total. The van der Waals surface area contributed by atoms with Gasteiger partial charge in [-0.15, -0.1) is 0 Å². The molecule has 0 aromatic carbocycles. The molecule has 0 saturated carbocycles. The molecule has 1 radical (unpaired) electrons. The van der Waals surface area contributed by atoms with E-state index in [0.29, 0.717) is 0 Å². The van der Waals surface area contributed by atoms with E-state index in [1.807, 2.05) is 0 Å². The first-order valence-electron chi connectivity index (χ1n) is 3.68. The molecule has 1 unspecified atom stereocenters. The topological polar surface area (TPSA) is 29.3 Å². The van der Waals surface area contributed by atoms with Crippen LogP contribution < -0.4 is 5.73 Å². The van der Waals surface area contributed by atoms with Gasteiger partial charge in [-0.05, 0) is 26.4 Å².